The Morgan fingerprint density at radius 3 is 2.50 bits per heavy atom. The molecule has 8 heteroatoms. The number of hydrogen-bond donors (Lipinski definition) is 5. The van der Waals surface area contributed by atoms with Crippen molar-refractivity contribution >= 4 is 11.6 Å². The molecule has 1 atom stereocenters. The normalized spacial score (nSPS) is 15.9. The van der Waals surface area contributed by atoms with E-state index in [1.54, 1.807) is 0 Å². The number of carbonyl (C=O) groups excluding carboxylic acids is 1. The van der Waals surface area contributed by atoms with Gasteiger partial charge in [-0.2, -0.15) is 0 Å². The second-order valence-corrected chi connectivity index (χ2v) is 8.68. The first-order chi connectivity index (χ1) is 16.3. The van der Waals surface area contributed by atoms with Crippen molar-refractivity contribution in [1.29, 1.82) is 0 Å². The van der Waals surface area contributed by atoms with E-state index >= 15 is 0 Å². The Morgan fingerprint density at radius 2 is 1.82 bits per heavy atom. The molecule has 0 bridgehead atoms. The van der Waals surface area contributed by atoms with Crippen molar-refractivity contribution in [3.05, 3.63) is 65.7 Å². The number of nitrogens with one attached hydrogen (secondary N) is 1. The van der Waals surface area contributed by atoms with Crippen LogP contribution in [0.1, 0.15) is 17.5 Å². The van der Waals surface area contributed by atoms with E-state index in [1.165, 1.54) is 5.56 Å². The Kier molecular flexibility index (Phi) is 6.90. The Hall–Kier alpha value is -3.75. The van der Waals surface area contributed by atoms with Gasteiger partial charge < -0.3 is 31.1 Å². The second-order valence-electron chi connectivity index (χ2n) is 8.68. The molecule has 1 fully saturated rings. The van der Waals surface area contributed by atoms with Gasteiger partial charge in [-0.1, -0.05) is 35.9 Å². The van der Waals surface area contributed by atoms with Crippen molar-refractivity contribution in [1.82, 2.24) is 4.90 Å². The summed E-state index contributed by atoms with van der Waals surface area (Å²) in [5, 5.41) is 31.2. The monoisotopic (exact) mass is 463 g/mol. The number of aryl methyl sites for hydroxylation is 1. The molecule has 1 heterocycles. The van der Waals surface area contributed by atoms with Gasteiger partial charge in [0.1, 0.15) is 5.75 Å². The van der Waals surface area contributed by atoms with Crippen LogP contribution in [0.2, 0.25) is 0 Å². The molecular weight excluding hydrogens is 434 g/mol. The highest BCUT2D eigenvalue weighted by Crippen LogP contribution is 2.37. The van der Waals surface area contributed by atoms with Crippen LogP contribution in [0.5, 0.6) is 23.0 Å². The topological polar surface area (TPSA) is 128 Å². The van der Waals surface area contributed by atoms with E-state index in [1.807, 2.05) is 18.2 Å². The smallest absolute Gasteiger partial charge is 0.262 e. The molecule has 6 N–H and O–H groups in total. The van der Waals surface area contributed by atoms with Crippen molar-refractivity contribution in [3.63, 3.8) is 0 Å². The van der Waals surface area contributed by atoms with Gasteiger partial charge in [0.05, 0.1) is 0 Å². The van der Waals surface area contributed by atoms with Crippen LogP contribution in [-0.4, -0.2) is 51.9 Å². The average Bonchev–Trinajstić information content (AvgIpc) is 3.21. The number of aromatic hydroxyl groups is 3. The first-order valence-corrected chi connectivity index (χ1v) is 11.1. The molecule has 1 saturated heterocycles. The summed E-state index contributed by atoms with van der Waals surface area (Å²) in [7, 11) is 0. The van der Waals surface area contributed by atoms with E-state index in [2.05, 4.69) is 41.4 Å². The van der Waals surface area contributed by atoms with Gasteiger partial charge in [-0.05, 0) is 36.6 Å². The number of nitrogens with zero attached hydrogens (tertiary/aromatic N) is 1. The standard InChI is InChI=1S/C26H29N3O5/c1-16-3-2-4-17(9-16)18-5-6-24(19(10-18)13-29-8-7-20(27)14-29)34-15-25(32)28-21-11-22(30)26(33)23(31)12-21/h2-6,9-12,20,30-31,33H,7-8,13-15,27H2,1H3,(H,28,32)/t20-/m0/s1. The van der Waals surface area contributed by atoms with Gasteiger partial charge in [0.2, 0.25) is 0 Å². The largest absolute Gasteiger partial charge is 0.504 e. The maximum absolute atomic E-state index is 12.4. The second kappa shape index (κ2) is 10.0. The third-order valence-electron chi connectivity index (χ3n) is 5.83. The van der Waals surface area contributed by atoms with Gasteiger partial charge in [0.15, 0.2) is 23.9 Å². The molecule has 1 aliphatic heterocycles. The summed E-state index contributed by atoms with van der Waals surface area (Å²) in [4.78, 5) is 14.7. The lowest BCUT2D eigenvalue weighted by molar-refractivity contribution is -0.118. The first-order valence-electron chi connectivity index (χ1n) is 11.1. The maximum atomic E-state index is 12.4. The van der Waals surface area contributed by atoms with Gasteiger partial charge in [-0.3, -0.25) is 9.69 Å². The number of likely N-dealkylation sites (tertiary alicyclic amines) is 1. The van der Waals surface area contributed by atoms with Gasteiger partial charge in [-0.15, -0.1) is 0 Å². The van der Waals surface area contributed by atoms with Crippen molar-refractivity contribution in [2.24, 2.45) is 5.73 Å². The summed E-state index contributed by atoms with van der Waals surface area (Å²) >= 11 is 0. The summed E-state index contributed by atoms with van der Waals surface area (Å²) in [5.41, 5.74) is 10.5. The molecule has 178 valence electrons. The first kappa shape index (κ1) is 23.4. The Bertz CT molecular complexity index is 1170. The fraction of sp³-hybridized carbons (Fsp3) is 0.269. The van der Waals surface area contributed by atoms with Gasteiger partial charge in [0.25, 0.3) is 5.91 Å². The number of hydrogen-bond acceptors (Lipinski definition) is 7. The maximum Gasteiger partial charge on any atom is 0.262 e. The molecule has 34 heavy (non-hydrogen) atoms. The third-order valence-corrected chi connectivity index (χ3v) is 5.83. The summed E-state index contributed by atoms with van der Waals surface area (Å²) in [6, 6.07) is 16.6. The number of nitrogens with two attached hydrogens (primary N) is 1. The van der Waals surface area contributed by atoms with E-state index in [0.29, 0.717) is 12.3 Å². The summed E-state index contributed by atoms with van der Waals surface area (Å²) in [6.07, 6.45) is 0.947. The lowest BCUT2D eigenvalue weighted by atomic mass is 10.0. The zero-order valence-electron chi connectivity index (χ0n) is 19.0. The van der Waals surface area contributed by atoms with Crippen molar-refractivity contribution < 1.29 is 24.9 Å². The molecule has 3 aromatic rings. The number of anilines is 1. The number of ether oxygens (including phenoxy) is 1. The number of carbonyl (C=O) groups is 1. The minimum atomic E-state index is -0.644. The molecule has 0 unspecified atom stereocenters. The van der Waals surface area contributed by atoms with Gasteiger partial charge in [-0.25, -0.2) is 0 Å². The highest BCUT2D eigenvalue weighted by molar-refractivity contribution is 5.92. The fourth-order valence-electron chi connectivity index (χ4n) is 4.11. The van der Waals surface area contributed by atoms with Crippen LogP contribution in [0.25, 0.3) is 11.1 Å². The molecule has 0 radical (unpaired) electrons. The van der Waals surface area contributed by atoms with E-state index in [4.69, 9.17) is 10.5 Å². The van der Waals surface area contributed by atoms with Crippen LogP contribution in [0.15, 0.2) is 54.6 Å². The van der Waals surface area contributed by atoms with Crippen LogP contribution in [0.4, 0.5) is 5.69 Å². The number of rotatable bonds is 7. The van der Waals surface area contributed by atoms with Crippen LogP contribution < -0.4 is 15.8 Å². The molecule has 4 rings (SSSR count). The van der Waals surface area contributed by atoms with Crippen molar-refractivity contribution in [2.45, 2.75) is 25.9 Å². The minimum absolute atomic E-state index is 0.141. The average molecular weight is 464 g/mol. The van der Waals surface area contributed by atoms with E-state index < -0.39 is 23.2 Å². The third kappa shape index (κ3) is 5.59. The summed E-state index contributed by atoms with van der Waals surface area (Å²) in [6.45, 7) is 4.16. The Balaban J connectivity index is 1.51. The Labute approximate surface area is 198 Å². The number of benzene rings is 3. The van der Waals surface area contributed by atoms with Gasteiger partial charge >= 0.3 is 0 Å². The zero-order chi connectivity index (χ0) is 24.2. The molecule has 0 saturated carbocycles. The Morgan fingerprint density at radius 1 is 1.09 bits per heavy atom. The number of amides is 1. The van der Waals surface area contributed by atoms with Crippen molar-refractivity contribution in [2.75, 3.05) is 25.0 Å². The van der Waals surface area contributed by atoms with Crippen LogP contribution in [0.3, 0.4) is 0 Å². The van der Waals surface area contributed by atoms with Gasteiger partial charge in [0, 0.05) is 49.1 Å². The van der Waals surface area contributed by atoms with E-state index in [0.717, 1.165) is 48.3 Å². The van der Waals surface area contributed by atoms with E-state index in [9.17, 15) is 20.1 Å². The fourth-order valence-corrected chi connectivity index (χ4v) is 4.11. The highest BCUT2D eigenvalue weighted by Gasteiger charge is 2.21. The summed E-state index contributed by atoms with van der Waals surface area (Å²) < 4.78 is 5.86. The molecule has 8 nitrogen and oxygen atoms in total. The molecule has 1 aliphatic rings. The molecule has 1 amide bonds. The van der Waals surface area contributed by atoms with Crippen LogP contribution in [-0.2, 0) is 11.3 Å². The quantitative estimate of drug-likeness (QED) is 0.269. The predicted molar refractivity (Wildman–Crippen MR) is 130 cm³/mol. The zero-order valence-corrected chi connectivity index (χ0v) is 19.0. The molecule has 3 aromatic carbocycles. The highest BCUT2D eigenvalue weighted by atomic mass is 16.5. The van der Waals surface area contributed by atoms with E-state index in [-0.39, 0.29) is 18.3 Å². The molecule has 0 spiro atoms. The minimum Gasteiger partial charge on any atom is -0.504 e. The molecule has 0 aliphatic carbocycles. The summed E-state index contributed by atoms with van der Waals surface area (Å²) in [5.74, 6) is -1.58. The lowest BCUT2D eigenvalue weighted by Crippen LogP contribution is -2.26. The van der Waals surface area contributed by atoms with Crippen LogP contribution >= 0.6 is 0 Å². The molecule has 0 aromatic heterocycles. The SMILES string of the molecule is Cc1cccc(-c2ccc(OCC(=O)Nc3cc(O)c(O)c(O)c3)c(CN3CC[C@H](N)C3)c2)c1. The number of phenols is 3. The lowest BCUT2D eigenvalue weighted by Gasteiger charge is -2.19. The predicted octanol–water partition coefficient (Wildman–Crippen LogP) is 3.33. The van der Waals surface area contributed by atoms with Crippen LogP contribution in [0, 0.1) is 6.92 Å². The molecular formula is C26H29N3O5. The number of phenolic OH excluding ortho intramolecular Hbond substituents is 3. The van der Waals surface area contributed by atoms with Crippen molar-refractivity contribution in [3.8, 4) is 34.1 Å².